The third-order valence-electron chi connectivity index (χ3n) is 0.734. The Morgan fingerprint density at radius 1 is 1.29 bits per heavy atom. The van der Waals surface area contributed by atoms with Gasteiger partial charge in [-0.1, -0.05) is 12.2 Å². The molecule has 0 aromatic carbocycles. The van der Waals surface area contributed by atoms with Gasteiger partial charge in [-0.05, 0) is 22.5 Å². The van der Waals surface area contributed by atoms with Gasteiger partial charge in [0, 0.05) is 0 Å². The Morgan fingerprint density at radius 3 is 2.14 bits per heavy atom. The van der Waals surface area contributed by atoms with Crippen LogP contribution in [0, 0.1) is 11.7 Å². The second kappa shape index (κ2) is 1.90. The minimum atomic E-state index is -0.387. The Bertz CT molecular complexity index is 136. The van der Waals surface area contributed by atoms with Crippen molar-refractivity contribution in [3.8, 4) is 5.25 Å². The van der Waals surface area contributed by atoms with Gasteiger partial charge in [0.1, 0.15) is 0 Å². The van der Waals surface area contributed by atoms with Crippen LogP contribution >= 0.6 is 10.9 Å². The molecule has 0 spiro atoms. The zero-order valence-electron chi connectivity index (χ0n) is 3.76. The monoisotopic (exact) mass is 109 g/mol. The first kappa shape index (κ1) is 4.55. The summed E-state index contributed by atoms with van der Waals surface area (Å²) in [6.07, 6.45) is 10.6. The number of allylic oxidation sites excluding steroid dienone is 2. The quantitative estimate of drug-likeness (QED) is 0.354. The van der Waals surface area contributed by atoms with Gasteiger partial charge in [0.05, 0.1) is 0 Å². The van der Waals surface area contributed by atoms with Gasteiger partial charge in [0.15, 0.2) is 0 Å². The first-order chi connectivity index (χ1) is 3.43. The molecule has 0 aliphatic carbocycles. The summed E-state index contributed by atoms with van der Waals surface area (Å²) >= 11 is 0. The van der Waals surface area contributed by atoms with E-state index in [2.05, 4.69) is 5.25 Å². The van der Waals surface area contributed by atoms with Crippen LogP contribution in [-0.2, 0) is 0 Å². The Labute approximate surface area is 46.3 Å². The molecule has 0 aromatic rings. The van der Waals surface area contributed by atoms with Crippen LogP contribution in [0.3, 0.4) is 0 Å². The Morgan fingerprint density at radius 2 is 1.86 bits per heavy atom. The lowest BCUT2D eigenvalue weighted by molar-refractivity contribution is 2.15. The molecule has 0 saturated heterocycles. The van der Waals surface area contributed by atoms with Crippen molar-refractivity contribution in [1.29, 1.82) is 0 Å². The van der Waals surface area contributed by atoms with Crippen LogP contribution in [-0.4, -0.2) is 0 Å². The maximum absolute atomic E-state index is 6.68. The van der Waals surface area contributed by atoms with E-state index in [9.17, 15) is 0 Å². The van der Waals surface area contributed by atoms with Crippen LogP contribution in [0.4, 0.5) is 0 Å². The average Bonchev–Trinajstić information content (AvgIpc) is 2.14. The van der Waals surface area contributed by atoms with E-state index in [1.165, 1.54) is 0 Å². The first-order valence-corrected chi connectivity index (χ1v) is 3.47. The topological polar surface area (TPSA) is 0 Å². The molecular weight excluding hydrogens is 104 g/mol. The highest BCUT2D eigenvalue weighted by Crippen LogP contribution is 2.30. The van der Waals surface area contributed by atoms with Crippen LogP contribution in [0.25, 0.3) is 0 Å². The molecule has 1 heterocycles. The second-order valence-electron chi connectivity index (χ2n) is 1.20. The maximum Gasteiger partial charge on any atom is -0.00358 e. The predicted molar refractivity (Wildman–Crippen MR) is 34.4 cm³/mol. The summed E-state index contributed by atoms with van der Waals surface area (Å²) < 4.78 is 0. The van der Waals surface area contributed by atoms with E-state index in [1.54, 1.807) is 0 Å². The average molecular weight is 109 g/mol. The van der Waals surface area contributed by atoms with Crippen LogP contribution in [0.15, 0.2) is 23.0 Å². The first-order valence-electron chi connectivity index (χ1n) is 1.99. The van der Waals surface area contributed by atoms with Crippen LogP contribution in [0.2, 0.25) is 0 Å². The zero-order chi connectivity index (χ0) is 5.11. The number of hydrogen-bond donors (Lipinski definition) is 1. The normalized spacial score (nSPS) is 20.1. The molecule has 0 atom stereocenters. The van der Waals surface area contributed by atoms with Crippen molar-refractivity contribution in [3.05, 3.63) is 29.4 Å². The number of thiol groups is 1. The summed E-state index contributed by atoms with van der Waals surface area (Å²) in [6, 6.07) is 0. The lowest BCUT2D eigenvalue weighted by atomic mass is 10.6. The van der Waals surface area contributed by atoms with Gasteiger partial charge < -0.3 is 0 Å². The van der Waals surface area contributed by atoms with Gasteiger partial charge >= 0.3 is 0 Å². The zero-order valence-corrected chi connectivity index (χ0v) is 4.65. The summed E-state index contributed by atoms with van der Waals surface area (Å²) in [5.74, 6) is 0. The molecule has 1 aliphatic rings. The van der Waals surface area contributed by atoms with Crippen molar-refractivity contribution in [2.75, 3.05) is 0 Å². The molecule has 0 nitrogen and oxygen atoms in total. The SMILES string of the molecule is [C]#C[SH]1C=CC=C1. The van der Waals surface area contributed by atoms with Crippen LogP contribution < -0.4 is 0 Å². The van der Waals surface area contributed by atoms with Crippen LogP contribution in [0.5, 0.6) is 0 Å². The van der Waals surface area contributed by atoms with E-state index >= 15 is 0 Å². The second-order valence-corrected chi connectivity index (χ2v) is 2.84. The molecule has 35 valence electrons. The van der Waals surface area contributed by atoms with E-state index < -0.39 is 0 Å². The van der Waals surface area contributed by atoms with Gasteiger partial charge in [-0.3, -0.25) is 0 Å². The van der Waals surface area contributed by atoms with Gasteiger partial charge in [-0.15, -0.1) is 10.9 Å². The minimum absolute atomic E-state index is 0.387. The molecule has 0 saturated carbocycles. The fourth-order valence-corrected chi connectivity index (χ4v) is 1.23. The van der Waals surface area contributed by atoms with Crippen molar-refractivity contribution < 1.29 is 0 Å². The molecule has 0 fully saturated rings. The molecule has 0 N–H and O–H groups in total. The molecule has 0 bridgehead atoms. The van der Waals surface area contributed by atoms with Gasteiger partial charge in [0.2, 0.25) is 0 Å². The summed E-state index contributed by atoms with van der Waals surface area (Å²) in [4.78, 5) is 0. The molecule has 1 radical (unpaired) electrons. The van der Waals surface area contributed by atoms with E-state index in [-0.39, 0.29) is 10.9 Å². The fourth-order valence-electron chi connectivity index (χ4n) is 0.409. The van der Waals surface area contributed by atoms with E-state index in [0.29, 0.717) is 0 Å². The summed E-state index contributed by atoms with van der Waals surface area (Å²) in [6.45, 7) is 0. The summed E-state index contributed by atoms with van der Waals surface area (Å²) in [7, 11) is -0.387. The Hall–Kier alpha value is -0.610. The molecule has 7 heavy (non-hydrogen) atoms. The third kappa shape index (κ3) is 0.880. The minimum Gasteiger partial charge on any atom is -0.147 e. The smallest absolute Gasteiger partial charge is 0.00358 e. The lowest BCUT2D eigenvalue weighted by Crippen LogP contribution is -1.50. The molecule has 0 aromatic heterocycles. The lowest BCUT2D eigenvalue weighted by Gasteiger charge is -1.91. The van der Waals surface area contributed by atoms with Crippen molar-refractivity contribution >= 4 is 10.9 Å². The largest absolute Gasteiger partial charge is 0.147 e. The standard InChI is InChI=1S/C6H5S/c1-2-7-5-3-4-6-7/h3-7H. The van der Waals surface area contributed by atoms with E-state index in [0.717, 1.165) is 0 Å². The summed E-state index contributed by atoms with van der Waals surface area (Å²) in [5.41, 5.74) is 0. The number of rotatable bonds is 0. The molecule has 1 aliphatic heterocycles. The maximum atomic E-state index is 6.68. The predicted octanol–water partition coefficient (Wildman–Crippen LogP) is 1.58. The van der Waals surface area contributed by atoms with Crippen LogP contribution in [0.1, 0.15) is 0 Å². The summed E-state index contributed by atoms with van der Waals surface area (Å²) in [5, 5.41) is 6.38. The molecule has 0 unspecified atom stereocenters. The van der Waals surface area contributed by atoms with Gasteiger partial charge in [0.25, 0.3) is 0 Å². The van der Waals surface area contributed by atoms with E-state index in [1.807, 2.05) is 23.0 Å². The van der Waals surface area contributed by atoms with Crippen molar-refractivity contribution in [1.82, 2.24) is 0 Å². The fraction of sp³-hybridized carbons (Fsp3) is 0. The Balaban J connectivity index is 2.65. The van der Waals surface area contributed by atoms with Crippen molar-refractivity contribution in [2.24, 2.45) is 0 Å². The van der Waals surface area contributed by atoms with E-state index in [4.69, 9.17) is 6.42 Å². The van der Waals surface area contributed by atoms with Gasteiger partial charge in [-0.25, -0.2) is 0 Å². The molecular formula is C6H5S. The molecule has 0 amide bonds. The molecule has 1 heteroatoms. The van der Waals surface area contributed by atoms with Crippen molar-refractivity contribution in [2.45, 2.75) is 0 Å². The van der Waals surface area contributed by atoms with Crippen molar-refractivity contribution in [3.63, 3.8) is 0 Å². The highest BCUT2D eigenvalue weighted by molar-refractivity contribution is 8.26. The molecule has 1 rings (SSSR count). The Kier molecular flexibility index (Phi) is 1.24. The highest BCUT2D eigenvalue weighted by Gasteiger charge is 1.88. The number of hydrogen-bond acceptors (Lipinski definition) is 0. The van der Waals surface area contributed by atoms with Gasteiger partial charge in [-0.2, -0.15) is 0 Å². The highest BCUT2D eigenvalue weighted by atomic mass is 32.2. The third-order valence-corrected chi connectivity index (χ3v) is 1.98.